The van der Waals surface area contributed by atoms with Crippen LogP contribution in [0.1, 0.15) is 12.5 Å². The first-order valence-corrected chi connectivity index (χ1v) is 4.56. The van der Waals surface area contributed by atoms with Crippen molar-refractivity contribution in [3.63, 3.8) is 0 Å². The smallest absolute Gasteiger partial charge is 0.248 e. The Bertz CT molecular complexity index is 329. The molecule has 0 aliphatic heterocycles. The van der Waals surface area contributed by atoms with Crippen LogP contribution >= 0.6 is 0 Å². The van der Waals surface area contributed by atoms with Crippen LogP contribution < -0.4 is 0 Å². The molecule has 0 fully saturated rings. The number of hydrogen-bond acceptors (Lipinski definition) is 1. The molecule has 2 heteroatoms. The van der Waals surface area contributed by atoms with E-state index in [1.807, 2.05) is 30.3 Å². The lowest BCUT2D eigenvalue weighted by molar-refractivity contribution is -0.126. The van der Waals surface area contributed by atoms with Gasteiger partial charge in [0.25, 0.3) is 0 Å². The molecule has 0 saturated heterocycles. The zero-order chi connectivity index (χ0) is 10.6. The summed E-state index contributed by atoms with van der Waals surface area (Å²) in [5.41, 5.74) is 1.70. The van der Waals surface area contributed by atoms with Gasteiger partial charge in [0, 0.05) is 19.2 Å². The summed E-state index contributed by atoms with van der Waals surface area (Å²) in [4.78, 5) is 13.1. The molecular formula is C12H15NO. The molecule has 2 nitrogen and oxygen atoms in total. The van der Waals surface area contributed by atoms with Crippen molar-refractivity contribution in [1.82, 2.24) is 4.90 Å². The van der Waals surface area contributed by atoms with Crippen LogP contribution in [0.5, 0.6) is 0 Å². The van der Waals surface area contributed by atoms with Crippen LogP contribution in [-0.2, 0) is 11.3 Å². The molecular weight excluding hydrogens is 174 g/mol. The fourth-order valence-electron chi connectivity index (χ4n) is 1.25. The number of rotatable bonds is 3. The SMILES string of the molecule is C=C(C)C(=O)N(C)Cc1ccccc1. The molecule has 1 rings (SSSR count). The molecule has 0 bridgehead atoms. The predicted octanol–water partition coefficient (Wildman–Crippen LogP) is 2.22. The molecule has 74 valence electrons. The predicted molar refractivity (Wildman–Crippen MR) is 57.7 cm³/mol. The van der Waals surface area contributed by atoms with Crippen molar-refractivity contribution in [3.8, 4) is 0 Å². The fraction of sp³-hybridized carbons (Fsp3) is 0.250. The number of hydrogen-bond donors (Lipinski definition) is 0. The van der Waals surface area contributed by atoms with E-state index in [0.29, 0.717) is 12.1 Å². The van der Waals surface area contributed by atoms with E-state index < -0.39 is 0 Å². The number of amides is 1. The maximum absolute atomic E-state index is 11.5. The quantitative estimate of drug-likeness (QED) is 0.668. The Kier molecular flexibility index (Phi) is 3.46. The first-order valence-electron chi connectivity index (χ1n) is 4.56. The highest BCUT2D eigenvalue weighted by Crippen LogP contribution is 2.04. The minimum Gasteiger partial charge on any atom is -0.338 e. The van der Waals surface area contributed by atoms with Gasteiger partial charge < -0.3 is 4.90 Å². The van der Waals surface area contributed by atoms with Crippen LogP contribution in [0.15, 0.2) is 42.5 Å². The molecule has 1 amide bonds. The van der Waals surface area contributed by atoms with Crippen molar-refractivity contribution in [2.75, 3.05) is 7.05 Å². The van der Waals surface area contributed by atoms with Crippen LogP contribution in [0.3, 0.4) is 0 Å². The lowest BCUT2D eigenvalue weighted by Crippen LogP contribution is -2.26. The first kappa shape index (κ1) is 10.5. The molecule has 14 heavy (non-hydrogen) atoms. The molecule has 0 aliphatic rings. The molecule has 0 atom stereocenters. The number of benzene rings is 1. The van der Waals surface area contributed by atoms with Gasteiger partial charge in [0.15, 0.2) is 0 Å². The van der Waals surface area contributed by atoms with Gasteiger partial charge in [-0.15, -0.1) is 0 Å². The number of likely N-dealkylation sites (N-methyl/N-ethyl adjacent to an activating group) is 1. The van der Waals surface area contributed by atoms with Gasteiger partial charge in [-0.2, -0.15) is 0 Å². The normalized spacial score (nSPS) is 9.57. The second-order valence-electron chi connectivity index (χ2n) is 3.43. The summed E-state index contributed by atoms with van der Waals surface area (Å²) in [5, 5.41) is 0. The average Bonchev–Trinajstić information content (AvgIpc) is 2.18. The zero-order valence-electron chi connectivity index (χ0n) is 8.66. The van der Waals surface area contributed by atoms with Crippen molar-refractivity contribution < 1.29 is 4.79 Å². The summed E-state index contributed by atoms with van der Waals surface area (Å²) in [7, 11) is 1.78. The maximum Gasteiger partial charge on any atom is 0.248 e. The number of carbonyl (C=O) groups excluding carboxylic acids is 1. The lowest BCUT2D eigenvalue weighted by atomic mass is 10.2. The minimum atomic E-state index is -0.00569. The van der Waals surface area contributed by atoms with Gasteiger partial charge in [-0.25, -0.2) is 0 Å². The van der Waals surface area contributed by atoms with Crippen molar-refractivity contribution in [2.24, 2.45) is 0 Å². The average molecular weight is 189 g/mol. The van der Waals surface area contributed by atoms with E-state index in [4.69, 9.17) is 0 Å². The third-order valence-electron chi connectivity index (χ3n) is 1.97. The molecule has 0 spiro atoms. The van der Waals surface area contributed by atoms with Gasteiger partial charge in [-0.3, -0.25) is 4.79 Å². The van der Waals surface area contributed by atoms with Crippen molar-refractivity contribution >= 4 is 5.91 Å². The number of carbonyl (C=O) groups is 1. The highest BCUT2D eigenvalue weighted by molar-refractivity contribution is 5.91. The van der Waals surface area contributed by atoms with Gasteiger partial charge >= 0.3 is 0 Å². The van der Waals surface area contributed by atoms with Crippen LogP contribution in [0.4, 0.5) is 0 Å². The molecule has 1 aromatic rings. The van der Waals surface area contributed by atoms with Gasteiger partial charge in [0.1, 0.15) is 0 Å². The van der Waals surface area contributed by atoms with Crippen LogP contribution in [-0.4, -0.2) is 17.9 Å². The van der Waals surface area contributed by atoms with E-state index in [9.17, 15) is 4.79 Å². The third-order valence-corrected chi connectivity index (χ3v) is 1.97. The minimum absolute atomic E-state index is 0.00569. The van der Waals surface area contributed by atoms with Gasteiger partial charge in [-0.1, -0.05) is 36.9 Å². The topological polar surface area (TPSA) is 20.3 Å². The van der Waals surface area contributed by atoms with Crippen LogP contribution in [0.25, 0.3) is 0 Å². The molecule has 1 aromatic carbocycles. The molecule has 0 N–H and O–H groups in total. The van der Waals surface area contributed by atoms with Crippen LogP contribution in [0, 0.1) is 0 Å². The lowest BCUT2D eigenvalue weighted by Gasteiger charge is -2.16. The Morgan fingerprint density at radius 1 is 1.36 bits per heavy atom. The van der Waals surface area contributed by atoms with E-state index >= 15 is 0 Å². The summed E-state index contributed by atoms with van der Waals surface area (Å²) in [5.74, 6) is -0.00569. The van der Waals surface area contributed by atoms with E-state index in [2.05, 4.69) is 6.58 Å². The Morgan fingerprint density at radius 3 is 2.43 bits per heavy atom. The Morgan fingerprint density at radius 2 is 1.93 bits per heavy atom. The highest BCUT2D eigenvalue weighted by Gasteiger charge is 2.08. The van der Waals surface area contributed by atoms with Gasteiger partial charge in [-0.05, 0) is 12.5 Å². The van der Waals surface area contributed by atoms with E-state index in [1.165, 1.54) is 0 Å². The fourth-order valence-corrected chi connectivity index (χ4v) is 1.25. The second kappa shape index (κ2) is 4.61. The Hall–Kier alpha value is -1.57. The van der Waals surface area contributed by atoms with E-state index in [1.54, 1.807) is 18.9 Å². The Labute approximate surface area is 84.9 Å². The molecule has 0 aliphatic carbocycles. The largest absolute Gasteiger partial charge is 0.338 e. The molecule has 0 unspecified atom stereocenters. The summed E-state index contributed by atoms with van der Waals surface area (Å²) >= 11 is 0. The standard InChI is InChI=1S/C12H15NO/c1-10(2)12(14)13(3)9-11-7-5-4-6-8-11/h4-8H,1,9H2,2-3H3. The summed E-state index contributed by atoms with van der Waals surface area (Å²) < 4.78 is 0. The molecule has 0 radical (unpaired) electrons. The monoisotopic (exact) mass is 189 g/mol. The van der Waals surface area contributed by atoms with Crippen LogP contribution in [0.2, 0.25) is 0 Å². The van der Waals surface area contributed by atoms with E-state index in [0.717, 1.165) is 5.56 Å². The van der Waals surface area contributed by atoms with Gasteiger partial charge in [0.05, 0.1) is 0 Å². The summed E-state index contributed by atoms with van der Waals surface area (Å²) in [6.07, 6.45) is 0. The molecule has 0 heterocycles. The summed E-state index contributed by atoms with van der Waals surface area (Å²) in [6.45, 7) is 5.98. The van der Waals surface area contributed by atoms with Crippen molar-refractivity contribution in [3.05, 3.63) is 48.0 Å². The number of nitrogens with zero attached hydrogens (tertiary/aromatic N) is 1. The molecule has 0 aromatic heterocycles. The third kappa shape index (κ3) is 2.73. The maximum atomic E-state index is 11.5. The first-order chi connectivity index (χ1) is 6.61. The Balaban J connectivity index is 2.62. The molecule has 0 saturated carbocycles. The van der Waals surface area contributed by atoms with E-state index in [-0.39, 0.29) is 5.91 Å². The van der Waals surface area contributed by atoms with Crippen molar-refractivity contribution in [2.45, 2.75) is 13.5 Å². The van der Waals surface area contributed by atoms with Crippen molar-refractivity contribution in [1.29, 1.82) is 0 Å². The summed E-state index contributed by atoms with van der Waals surface area (Å²) in [6, 6.07) is 9.90. The zero-order valence-corrected chi connectivity index (χ0v) is 8.66. The van der Waals surface area contributed by atoms with Gasteiger partial charge in [0.2, 0.25) is 5.91 Å². The second-order valence-corrected chi connectivity index (χ2v) is 3.43. The highest BCUT2D eigenvalue weighted by atomic mass is 16.2.